The summed E-state index contributed by atoms with van der Waals surface area (Å²) in [6.45, 7) is 1.74. The van der Waals surface area contributed by atoms with E-state index in [1.165, 1.54) is 7.05 Å². The van der Waals surface area contributed by atoms with Gasteiger partial charge in [-0.05, 0) is 18.6 Å². The standard InChI is InChI=1S/C10H12N2O2/c1-6-4-3-5-7(10(14)12-2)8(6)9(11)13/h3-5H,1-2H3,(H2,11,13)(H,12,14). The van der Waals surface area contributed by atoms with Gasteiger partial charge in [-0.25, -0.2) is 0 Å². The minimum absolute atomic E-state index is 0.284. The summed E-state index contributed by atoms with van der Waals surface area (Å²) in [5.74, 6) is -0.885. The third-order valence-electron chi connectivity index (χ3n) is 1.99. The van der Waals surface area contributed by atoms with Crippen molar-refractivity contribution < 1.29 is 9.59 Å². The Morgan fingerprint density at radius 3 is 2.50 bits per heavy atom. The number of benzene rings is 1. The quantitative estimate of drug-likeness (QED) is 0.714. The van der Waals surface area contributed by atoms with E-state index in [9.17, 15) is 9.59 Å². The summed E-state index contributed by atoms with van der Waals surface area (Å²) in [5.41, 5.74) is 6.50. The molecule has 0 fully saturated rings. The van der Waals surface area contributed by atoms with Gasteiger partial charge in [0.1, 0.15) is 0 Å². The van der Waals surface area contributed by atoms with E-state index >= 15 is 0 Å². The van der Waals surface area contributed by atoms with Gasteiger partial charge in [-0.15, -0.1) is 0 Å². The summed E-state index contributed by atoms with van der Waals surface area (Å²) < 4.78 is 0. The zero-order valence-corrected chi connectivity index (χ0v) is 8.13. The van der Waals surface area contributed by atoms with Crippen LogP contribution in [0.25, 0.3) is 0 Å². The Balaban J connectivity index is 3.35. The second-order valence-corrected chi connectivity index (χ2v) is 2.94. The Kier molecular flexibility index (Phi) is 2.86. The molecule has 0 bridgehead atoms. The number of nitrogens with one attached hydrogen (secondary N) is 1. The third kappa shape index (κ3) is 1.74. The number of aryl methyl sites for hydroxylation is 1. The largest absolute Gasteiger partial charge is 0.366 e. The van der Waals surface area contributed by atoms with Crippen LogP contribution < -0.4 is 11.1 Å². The molecule has 4 heteroatoms. The lowest BCUT2D eigenvalue weighted by Gasteiger charge is -2.07. The van der Waals surface area contributed by atoms with Crippen LogP contribution in [0.15, 0.2) is 18.2 Å². The highest BCUT2D eigenvalue weighted by molar-refractivity contribution is 6.07. The fourth-order valence-corrected chi connectivity index (χ4v) is 1.32. The second kappa shape index (κ2) is 3.91. The van der Waals surface area contributed by atoms with Crippen LogP contribution in [-0.4, -0.2) is 18.9 Å². The number of carbonyl (C=O) groups excluding carboxylic acids is 2. The Hall–Kier alpha value is -1.84. The highest BCUT2D eigenvalue weighted by atomic mass is 16.2. The van der Waals surface area contributed by atoms with Gasteiger partial charge in [0, 0.05) is 7.05 Å². The molecule has 1 rings (SSSR count). The Morgan fingerprint density at radius 2 is 2.00 bits per heavy atom. The predicted octanol–water partition coefficient (Wildman–Crippen LogP) is 0.454. The molecular weight excluding hydrogens is 180 g/mol. The lowest BCUT2D eigenvalue weighted by Crippen LogP contribution is -2.24. The van der Waals surface area contributed by atoms with Crippen molar-refractivity contribution in [2.75, 3.05) is 7.05 Å². The molecule has 0 aromatic heterocycles. The number of amides is 2. The molecular formula is C10H12N2O2. The monoisotopic (exact) mass is 192 g/mol. The number of hydrogen-bond acceptors (Lipinski definition) is 2. The summed E-state index contributed by atoms with van der Waals surface area (Å²) in [6.07, 6.45) is 0. The molecule has 0 aliphatic rings. The molecule has 0 radical (unpaired) electrons. The van der Waals surface area contributed by atoms with E-state index in [1.807, 2.05) is 0 Å². The van der Waals surface area contributed by atoms with E-state index in [-0.39, 0.29) is 11.5 Å². The minimum Gasteiger partial charge on any atom is -0.366 e. The van der Waals surface area contributed by atoms with Gasteiger partial charge in [-0.1, -0.05) is 12.1 Å². The Bertz CT molecular complexity index is 386. The van der Waals surface area contributed by atoms with Gasteiger partial charge in [0.05, 0.1) is 11.1 Å². The van der Waals surface area contributed by atoms with Gasteiger partial charge in [0.2, 0.25) is 5.91 Å². The summed E-state index contributed by atoms with van der Waals surface area (Å²) in [5, 5.41) is 2.46. The van der Waals surface area contributed by atoms with Crippen molar-refractivity contribution in [1.82, 2.24) is 5.32 Å². The SMILES string of the molecule is CNC(=O)c1cccc(C)c1C(N)=O. The van der Waals surface area contributed by atoms with Crippen LogP contribution in [0.5, 0.6) is 0 Å². The number of rotatable bonds is 2. The first-order valence-electron chi connectivity index (χ1n) is 4.19. The number of carbonyl (C=O) groups is 2. The molecule has 0 saturated heterocycles. The lowest BCUT2D eigenvalue weighted by atomic mass is 10.0. The average Bonchev–Trinajstić information content (AvgIpc) is 2.15. The molecule has 14 heavy (non-hydrogen) atoms. The van der Waals surface area contributed by atoms with E-state index in [0.717, 1.165) is 0 Å². The molecule has 1 aromatic rings. The topological polar surface area (TPSA) is 72.2 Å². The van der Waals surface area contributed by atoms with E-state index in [1.54, 1.807) is 25.1 Å². The molecule has 0 aliphatic heterocycles. The first-order chi connectivity index (χ1) is 6.57. The molecule has 74 valence electrons. The number of nitrogens with two attached hydrogens (primary N) is 1. The molecule has 0 unspecified atom stereocenters. The van der Waals surface area contributed by atoms with Crippen LogP contribution in [0.2, 0.25) is 0 Å². The lowest BCUT2D eigenvalue weighted by molar-refractivity contribution is 0.0943. The molecule has 0 spiro atoms. The van der Waals surface area contributed by atoms with E-state index in [4.69, 9.17) is 5.73 Å². The Morgan fingerprint density at radius 1 is 1.36 bits per heavy atom. The molecule has 0 saturated carbocycles. The zero-order valence-electron chi connectivity index (χ0n) is 8.13. The van der Waals surface area contributed by atoms with Crippen molar-refractivity contribution in [3.63, 3.8) is 0 Å². The fourth-order valence-electron chi connectivity index (χ4n) is 1.32. The summed E-state index contributed by atoms with van der Waals surface area (Å²) >= 11 is 0. The molecule has 0 atom stereocenters. The first kappa shape index (κ1) is 10.2. The third-order valence-corrected chi connectivity index (χ3v) is 1.99. The van der Waals surface area contributed by atoms with Crippen molar-refractivity contribution in [2.45, 2.75) is 6.92 Å². The normalized spacial score (nSPS) is 9.57. The van der Waals surface area contributed by atoms with E-state index in [2.05, 4.69) is 5.32 Å². The highest BCUT2D eigenvalue weighted by Crippen LogP contribution is 2.13. The zero-order chi connectivity index (χ0) is 10.7. The minimum atomic E-state index is -0.582. The van der Waals surface area contributed by atoms with Crippen molar-refractivity contribution in [3.8, 4) is 0 Å². The van der Waals surface area contributed by atoms with Crippen LogP contribution in [-0.2, 0) is 0 Å². The summed E-state index contributed by atoms with van der Waals surface area (Å²) in [7, 11) is 1.51. The molecule has 0 aliphatic carbocycles. The van der Waals surface area contributed by atoms with Crippen LogP contribution in [0, 0.1) is 6.92 Å². The number of primary amides is 1. The van der Waals surface area contributed by atoms with Gasteiger partial charge in [-0.2, -0.15) is 0 Å². The maximum Gasteiger partial charge on any atom is 0.251 e. The maximum absolute atomic E-state index is 11.4. The maximum atomic E-state index is 11.4. The van der Waals surface area contributed by atoms with Gasteiger partial charge in [-0.3, -0.25) is 9.59 Å². The Labute approximate surface area is 82.1 Å². The molecule has 1 aromatic carbocycles. The fraction of sp³-hybridized carbons (Fsp3) is 0.200. The van der Waals surface area contributed by atoms with Crippen molar-refractivity contribution in [3.05, 3.63) is 34.9 Å². The van der Waals surface area contributed by atoms with Crippen LogP contribution in [0.3, 0.4) is 0 Å². The van der Waals surface area contributed by atoms with E-state index in [0.29, 0.717) is 11.1 Å². The van der Waals surface area contributed by atoms with Gasteiger partial charge in [0.15, 0.2) is 0 Å². The first-order valence-corrected chi connectivity index (χ1v) is 4.19. The van der Waals surface area contributed by atoms with E-state index < -0.39 is 5.91 Å². The van der Waals surface area contributed by atoms with Gasteiger partial charge < -0.3 is 11.1 Å². The molecule has 0 heterocycles. The molecule has 4 nitrogen and oxygen atoms in total. The van der Waals surface area contributed by atoms with Gasteiger partial charge in [0.25, 0.3) is 5.91 Å². The molecule has 2 amide bonds. The van der Waals surface area contributed by atoms with Crippen molar-refractivity contribution in [1.29, 1.82) is 0 Å². The molecule has 3 N–H and O–H groups in total. The van der Waals surface area contributed by atoms with Crippen molar-refractivity contribution in [2.24, 2.45) is 5.73 Å². The highest BCUT2D eigenvalue weighted by Gasteiger charge is 2.15. The van der Waals surface area contributed by atoms with Crippen LogP contribution in [0.4, 0.5) is 0 Å². The van der Waals surface area contributed by atoms with Crippen LogP contribution in [0.1, 0.15) is 26.3 Å². The number of hydrogen-bond donors (Lipinski definition) is 2. The predicted molar refractivity (Wildman–Crippen MR) is 53.1 cm³/mol. The van der Waals surface area contributed by atoms with Crippen LogP contribution >= 0.6 is 0 Å². The summed E-state index contributed by atoms with van der Waals surface area (Å²) in [4.78, 5) is 22.5. The van der Waals surface area contributed by atoms with Gasteiger partial charge >= 0.3 is 0 Å². The smallest absolute Gasteiger partial charge is 0.251 e. The average molecular weight is 192 g/mol. The van der Waals surface area contributed by atoms with Crippen molar-refractivity contribution >= 4 is 11.8 Å². The second-order valence-electron chi connectivity index (χ2n) is 2.94. The summed E-state index contributed by atoms with van der Waals surface area (Å²) in [6, 6.07) is 5.03.